The van der Waals surface area contributed by atoms with E-state index in [-0.39, 0.29) is 0 Å². The molecule has 100 valence electrons. The molecule has 0 saturated heterocycles. The van der Waals surface area contributed by atoms with Crippen molar-refractivity contribution in [3.05, 3.63) is 23.8 Å². The van der Waals surface area contributed by atoms with Crippen LogP contribution in [0.3, 0.4) is 0 Å². The molecule has 6 heteroatoms. The van der Waals surface area contributed by atoms with Crippen LogP contribution >= 0.6 is 0 Å². The summed E-state index contributed by atoms with van der Waals surface area (Å²) < 4.78 is 10.3. The SMILES string of the molecule is COCCN(C)Cc1cc(B(O)O)ccc1OC. The third-order valence-corrected chi connectivity index (χ3v) is 2.72. The van der Waals surface area contributed by atoms with Crippen molar-refractivity contribution >= 4 is 12.6 Å². The second kappa shape index (κ2) is 7.38. The molecule has 1 aromatic carbocycles. The van der Waals surface area contributed by atoms with Crippen LogP contribution in [0.15, 0.2) is 18.2 Å². The van der Waals surface area contributed by atoms with Crippen molar-refractivity contribution < 1.29 is 19.5 Å². The number of hydrogen-bond acceptors (Lipinski definition) is 5. The van der Waals surface area contributed by atoms with Crippen LogP contribution in [-0.4, -0.2) is 56.5 Å². The lowest BCUT2D eigenvalue weighted by molar-refractivity contribution is 0.158. The van der Waals surface area contributed by atoms with Crippen LogP contribution in [0.1, 0.15) is 5.56 Å². The monoisotopic (exact) mass is 253 g/mol. The Morgan fingerprint density at radius 3 is 2.56 bits per heavy atom. The first-order valence-electron chi connectivity index (χ1n) is 5.79. The van der Waals surface area contributed by atoms with Crippen molar-refractivity contribution in [2.45, 2.75) is 6.54 Å². The van der Waals surface area contributed by atoms with Gasteiger partial charge in [-0.1, -0.05) is 12.1 Å². The summed E-state index contributed by atoms with van der Waals surface area (Å²) in [5, 5.41) is 18.3. The van der Waals surface area contributed by atoms with Gasteiger partial charge in [-0.15, -0.1) is 0 Å². The molecule has 0 heterocycles. The van der Waals surface area contributed by atoms with E-state index in [1.165, 1.54) is 0 Å². The number of hydrogen-bond donors (Lipinski definition) is 2. The summed E-state index contributed by atoms with van der Waals surface area (Å²) in [4.78, 5) is 2.08. The summed E-state index contributed by atoms with van der Waals surface area (Å²) in [6.45, 7) is 2.11. The summed E-state index contributed by atoms with van der Waals surface area (Å²) >= 11 is 0. The molecular weight excluding hydrogens is 233 g/mol. The Morgan fingerprint density at radius 2 is 2.00 bits per heavy atom. The highest BCUT2D eigenvalue weighted by molar-refractivity contribution is 6.58. The Hall–Kier alpha value is -1.08. The third kappa shape index (κ3) is 4.31. The number of ether oxygens (including phenoxy) is 2. The van der Waals surface area contributed by atoms with Crippen LogP contribution in [0.2, 0.25) is 0 Å². The van der Waals surface area contributed by atoms with Crippen LogP contribution in [0, 0.1) is 0 Å². The van der Waals surface area contributed by atoms with Crippen molar-refractivity contribution in [1.82, 2.24) is 4.90 Å². The highest BCUT2D eigenvalue weighted by atomic mass is 16.5. The topological polar surface area (TPSA) is 62.2 Å². The third-order valence-electron chi connectivity index (χ3n) is 2.72. The quantitative estimate of drug-likeness (QED) is 0.639. The molecule has 2 N–H and O–H groups in total. The Balaban J connectivity index is 2.80. The second-order valence-corrected chi connectivity index (χ2v) is 4.18. The minimum absolute atomic E-state index is 0.464. The second-order valence-electron chi connectivity index (χ2n) is 4.18. The van der Waals surface area contributed by atoms with Gasteiger partial charge < -0.3 is 19.5 Å². The molecule has 0 bridgehead atoms. The Morgan fingerprint density at radius 1 is 1.28 bits per heavy atom. The minimum atomic E-state index is -1.46. The maximum absolute atomic E-state index is 9.17. The van der Waals surface area contributed by atoms with Gasteiger partial charge >= 0.3 is 7.12 Å². The predicted octanol–water partition coefficient (Wildman–Crippen LogP) is -0.547. The fourth-order valence-electron chi connectivity index (χ4n) is 1.70. The van der Waals surface area contributed by atoms with Gasteiger partial charge in [-0.05, 0) is 18.6 Å². The van der Waals surface area contributed by atoms with Gasteiger partial charge in [0.25, 0.3) is 0 Å². The predicted molar refractivity (Wildman–Crippen MR) is 71.0 cm³/mol. The van der Waals surface area contributed by atoms with E-state index in [9.17, 15) is 0 Å². The summed E-state index contributed by atoms with van der Waals surface area (Å²) in [6, 6.07) is 5.13. The molecule has 0 spiro atoms. The number of likely N-dealkylation sites (N-methyl/N-ethyl adjacent to an activating group) is 1. The lowest BCUT2D eigenvalue weighted by Gasteiger charge is -2.18. The molecule has 0 aliphatic carbocycles. The van der Waals surface area contributed by atoms with Crippen LogP contribution in [0.4, 0.5) is 0 Å². The van der Waals surface area contributed by atoms with E-state index < -0.39 is 7.12 Å². The normalized spacial score (nSPS) is 10.8. The fourth-order valence-corrected chi connectivity index (χ4v) is 1.70. The van der Waals surface area contributed by atoms with E-state index in [0.29, 0.717) is 18.6 Å². The van der Waals surface area contributed by atoms with Crippen LogP contribution in [0.25, 0.3) is 0 Å². The molecule has 0 amide bonds. The summed E-state index contributed by atoms with van der Waals surface area (Å²) in [7, 11) is 3.78. The lowest BCUT2D eigenvalue weighted by Crippen LogP contribution is -2.31. The zero-order valence-corrected chi connectivity index (χ0v) is 11.1. The van der Waals surface area contributed by atoms with E-state index in [1.54, 1.807) is 32.4 Å². The largest absolute Gasteiger partial charge is 0.496 e. The van der Waals surface area contributed by atoms with Crippen molar-refractivity contribution in [2.24, 2.45) is 0 Å². The van der Waals surface area contributed by atoms with Crippen molar-refractivity contribution in [1.29, 1.82) is 0 Å². The minimum Gasteiger partial charge on any atom is -0.496 e. The van der Waals surface area contributed by atoms with E-state index in [4.69, 9.17) is 19.5 Å². The summed E-state index contributed by atoms with van der Waals surface area (Å²) in [6.07, 6.45) is 0. The van der Waals surface area contributed by atoms with Gasteiger partial charge in [-0.25, -0.2) is 0 Å². The van der Waals surface area contributed by atoms with Crippen LogP contribution < -0.4 is 10.2 Å². The van der Waals surface area contributed by atoms with Gasteiger partial charge in [0.1, 0.15) is 5.75 Å². The molecule has 0 atom stereocenters. The number of methoxy groups -OCH3 is 2. The summed E-state index contributed by atoms with van der Waals surface area (Å²) in [5.41, 5.74) is 1.38. The van der Waals surface area contributed by atoms with E-state index in [0.717, 1.165) is 17.9 Å². The molecule has 0 fully saturated rings. The molecule has 0 unspecified atom stereocenters. The van der Waals surface area contributed by atoms with Crippen molar-refractivity contribution in [3.63, 3.8) is 0 Å². The van der Waals surface area contributed by atoms with Crippen molar-refractivity contribution in [2.75, 3.05) is 34.4 Å². The van der Waals surface area contributed by atoms with E-state index in [1.807, 2.05) is 7.05 Å². The maximum atomic E-state index is 9.17. The molecule has 0 aliphatic heterocycles. The zero-order chi connectivity index (χ0) is 13.5. The molecule has 0 aliphatic rings. The van der Waals surface area contributed by atoms with Gasteiger partial charge in [0.2, 0.25) is 0 Å². The number of benzene rings is 1. The van der Waals surface area contributed by atoms with Gasteiger partial charge in [0.15, 0.2) is 0 Å². The molecule has 0 aromatic heterocycles. The average molecular weight is 253 g/mol. The van der Waals surface area contributed by atoms with Crippen LogP contribution in [0.5, 0.6) is 5.75 Å². The molecule has 18 heavy (non-hydrogen) atoms. The molecular formula is C12H20BNO4. The Bertz CT molecular complexity index is 373. The first kappa shape index (κ1) is 15.0. The van der Waals surface area contributed by atoms with Gasteiger partial charge in [-0.3, -0.25) is 4.90 Å². The molecule has 5 nitrogen and oxygen atoms in total. The first-order chi connectivity index (χ1) is 8.58. The average Bonchev–Trinajstić information content (AvgIpc) is 2.36. The highest BCUT2D eigenvalue weighted by Gasteiger charge is 2.14. The van der Waals surface area contributed by atoms with E-state index >= 15 is 0 Å². The van der Waals surface area contributed by atoms with Crippen LogP contribution in [-0.2, 0) is 11.3 Å². The van der Waals surface area contributed by atoms with Gasteiger partial charge in [0.05, 0.1) is 13.7 Å². The zero-order valence-electron chi connectivity index (χ0n) is 11.1. The molecule has 1 rings (SSSR count). The Kier molecular flexibility index (Phi) is 6.14. The maximum Gasteiger partial charge on any atom is 0.488 e. The summed E-state index contributed by atoms with van der Waals surface area (Å²) in [5.74, 6) is 0.740. The smallest absolute Gasteiger partial charge is 0.488 e. The van der Waals surface area contributed by atoms with Gasteiger partial charge in [0, 0.05) is 25.8 Å². The molecule has 0 radical (unpaired) electrons. The van der Waals surface area contributed by atoms with E-state index in [2.05, 4.69) is 4.90 Å². The Labute approximate surface area is 108 Å². The first-order valence-corrected chi connectivity index (χ1v) is 5.79. The highest BCUT2D eigenvalue weighted by Crippen LogP contribution is 2.18. The number of nitrogens with zero attached hydrogens (tertiary/aromatic N) is 1. The lowest BCUT2D eigenvalue weighted by atomic mass is 9.79. The molecule has 1 aromatic rings. The fraction of sp³-hybridized carbons (Fsp3) is 0.500. The van der Waals surface area contributed by atoms with Crippen molar-refractivity contribution in [3.8, 4) is 5.75 Å². The standard InChI is InChI=1S/C12H20BNO4/c1-14(6-7-17-2)9-10-8-11(13(15)16)4-5-12(10)18-3/h4-5,8,15-16H,6-7,9H2,1-3H3. The number of rotatable bonds is 7. The van der Waals surface area contributed by atoms with Gasteiger partial charge in [-0.2, -0.15) is 0 Å². The molecule has 0 saturated carbocycles.